The summed E-state index contributed by atoms with van der Waals surface area (Å²) >= 11 is 12.2. The second-order valence-electron chi connectivity index (χ2n) is 6.64. The summed E-state index contributed by atoms with van der Waals surface area (Å²) in [7, 11) is 0. The van der Waals surface area contributed by atoms with Crippen LogP contribution in [0.1, 0.15) is 16.7 Å². The third kappa shape index (κ3) is 4.19. The third-order valence-electron chi connectivity index (χ3n) is 4.70. The van der Waals surface area contributed by atoms with Crippen LogP contribution < -0.4 is 5.32 Å². The summed E-state index contributed by atoms with van der Waals surface area (Å²) < 4.78 is 2.27. The predicted molar refractivity (Wildman–Crippen MR) is 114 cm³/mol. The summed E-state index contributed by atoms with van der Waals surface area (Å²) in [6.07, 6.45) is 2.23. The molecular formula is C23H20Cl2N2. The molecule has 3 aromatic carbocycles. The Balaban J connectivity index is 1.56. The first-order valence-electron chi connectivity index (χ1n) is 8.96. The Morgan fingerprint density at radius 2 is 1.52 bits per heavy atom. The van der Waals surface area contributed by atoms with Crippen molar-refractivity contribution in [2.45, 2.75) is 19.6 Å². The minimum absolute atomic E-state index is 0.587. The standard InChI is InChI=1S/C23H20Cl2N2/c24-21-11-10-18(12-22(21)25)15-27-16-19(20-8-4-5-9-23(20)27)14-26-13-17-6-2-1-3-7-17/h1-12,16,26H,13-15H2. The zero-order chi connectivity index (χ0) is 18.6. The Kier molecular flexibility index (Phi) is 5.49. The highest BCUT2D eigenvalue weighted by Crippen LogP contribution is 2.26. The molecule has 0 saturated heterocycles. The molecule has 0 radical (unpaired) electrons. The van der Waals surface area contributed by atoms with Gasteiger partial charge >= 0.3 is 0 Å². The minimum Gasteiger partial charge on any atom is -0.343 e. The molecule has 0 aliphatic rings. The van der Waals surface area contributed by atoms with E-state index in [1.54, 1.807) is 0 Å². The number of rotatable bonds is 6. The molecule has 0 aliphatic carbocycles. The number of halogens is 2. The van der Waals surface area contributed by atoms with E-state index in [4.69, 9.17) is 23.2 Å². The van der Waals surface area contributed by atoms with Crippen LogP contribution in [0.4, 0.5) is 0 Å². The molecule has 0 fully saturated rings. The van der Waals surface area contributed by atoms with Crippen LogP contribution in [0.5, 0.6) is 0 Å². The fraction of sp³-hybridized carbons (Fsp3) is 0.130. The smallest absolute Gasteiger partial charge is 0.0595 e. The monoisotopic (exact) mass is 394 g/mol. The topological polar surface area (TPSA) is 17.0 Å². The van der Waals surface area contributed by atoms with Gasteiger partial charge in [0.15, 0.2) is 0 Å². The number of aromatic nitrogens is 1. The van der Waals surface area contributed by atoms with E-state index >= 15 is 0 Å². The first-order chi connectivity index (χ1) is 13.2. The maximum absolute atomic E-state index is 6.18. The van der Waals surface area contributed by atoms with E-state index in [2.05, 4.69) is 64.6 Å². The number of hydrogen-bond donors (Lipinski definition) is 1. The van der Waals surface area contributed by atoms with Gasteiger partial charge < -0.3 is 9.88 Å². The Morgan fingerprint density at radius 1 is 0.741 bits per heavy atom. The normalized spacial score (nSPS) is 11.2. The Hall–Kier alpha value is -2.26. The SMILES string of the molecule is Clc1ccc(Cn2cc(CNCc3ccccc3)c3ccccc32)cc1Cl. The Morgan fingerprint density at radius 3 is 2.33 bits per heavy atom. The number of para-hydroxylation sites is 1. The summed E-state index contributed by atoms with van der Waals surface area (Å²) in [5, 5.41) is 6.01. The van der Waals surface area contributed by atoms with Gasteiger partial charge in [0.05, 0.1) is 10.0 Å². The van der Waals surface area contributed by atoms with Gasteiger partial charge in [-0.25, -0.2) is 0 Å². The summed E-state index contributed by atoms with van der Waals surface area (Å²) in [6.45, 7) is 2.44. The van der Waals surface area contributed by atoms with E-state index in [1.807, 2.05) is 24.3 Å². The average molecular weight is 395 g/mol. The molecule has 2 nitrogen and oxygen atoms in total. The van der Waals surface area contributed by atoms with E-state index < -0.39 is 0 Å². The molecule has 27 heavy (non-hydrogen) atoms. The van der Waals surface area contributed by atoms with Crippen molar-refractivity contribution in [1.29, 1.82) is 0 Å². The molecule has 136 valence electrons. The maximum Gasteiger partial charge on any atom is 0.0595 e. The second-order valence-corrected chi connectivity index (χ2v) is 7.45. The molecule has 4 aromatic rings. The zero-order valence-corrected chi connectivity index (χ0v) is 16.3. The van der Waals surface area contributed by atoms with Gasteiger partial charge in [-0.15, -0.1) is 0 Å². The van der Waals surface area contributed by atoms with Gasteiger partial charge in [0.1, 0.15) is 0 Å². The highest BCUT2D eigenvalue weighted by molar-refractivity contribution is 6.42. The molecule has 1 aromatic heterocycles. The number of hydrogen-bond acceptors (Lipinski definition) is 1. The van der Waals surface area contributed by atoms with Crippen molar-refractivity contribution in [2.24, 2.45) is 0 Å². The fourth-order valence-electron chi connectivity index (χ4n) is 3.37. The van der Waals surface area contributed by atoms with Gasteiger partial charge in [0.2, 0.25) is 0 Å². The predicted octanol–water partition coefficient (Wildman–Crippen LogP) is 6.29. The first-order valence-corrected chi connectivity index (χ1v) is 9.71. The molecule has 0 aliphatic heterocycles. The van der Waals surface area contributed by atoms with Gasteiger partial charge in [0.25, 0.3) is 0 Å². The van der Waals surface area contributed by atoms with Crippen molar-refractivity contribution in [3.05, 3.63) is 106 Å². The minimum atomic E-state index is 0.587. The van der Waals surface area contributed by atoms with Gasteiger partial charge in [-0.3, -0.25) is 0 Å². The van der Waals surface area contributed by atoms with Crippen molar-refractivity contribution in [1.82, 2.24) is 9.88 Å². The highest BCUT2D eigenvalue weighted by Gasteiger charge is 2.09. The van der Waals surface area contributed by atoms with Crippen molar-refractivity contribution in [3.8, 4) is 0 Å². The van der Waals surface area contributed by atoms with Crippen LogP contribution >= 0.6 is 23.2 Å². The quantitative estimate of drug-likeness (QED) is 0.406. The summed E-state index contributed by atoms with van der Waals surface area (Å²) in [4.78, 5) is 0. The lowest BCUT2D eigenvalue weighted by molar-refractivity contribution is 0.692. The van der Waals surface area contributed by atoms with Crippen molar-refractivity contribution >= 4 is 34.1 Å². The lowest BCUT2D eigenvalue weighted by Gasteiger charge is -2.07. The molecule has 0 bridgehead atoms. The number of nitrogens with zero attached hydrogens (tertiary/aromatic N) is 1. The van der Waals surface area contributed by atoms with Gasteiger partial charge in [-0.05, 0) is 34.9 Å². The molecule has 1 N–H and O–H groups in total. The lowest BCUT2D eigenvalue weighted by Crippen LogP contribution is -2.12. The molecule has 4 heteroatoms. The van der Waals surface area contributed by atoms with Gasteiger partial charge in [-0.2, -0.15) is 0 Å². The Bertz CT molecular complexity index is 1050. The van der Waals surface area contributed by atoms with Crippen LogP contribution in [0, 0.1) is 0 Å². The lowest BCUT2D eigenvalue weighted by atomic mass is 10.1. The summed E-state index contributed by atoms with van der Waals surface area (Å²) in [5.41, 5.74) is 4.94. The van der Waals surface area contributed by atoms with Crippen LogP contribution in [-0.4, -0.2) is 4.57 Å². The summed E-state index contributed by atoms with van der Waals surface area (Å²) in [5.74, 6) is 0. The number of benzene rings is 3. The highest BCUT2D eigenvalue weighted by atomic mass is 35.5. The van der Waals surface area contributed by atoms with E-state index in [9.17, 15) is 0 Å². The second kappa shape index (κ2) is 8.18. The average Bonchev–Trinajstić information content (AvgIpc) is 3.03. The molecule has 0 spiro atoms. The van der Waals surface area contributed by atoms with Crippen LogP contribution in [0.2, 0.25) is 10.0 Å². The van der Waals surface area contributed by atoms with Gasteiger partial charge in [0, 0.05) is 36.7 Å². The van der Waals surface area contributed by atoms with Crippen LogP contribution in [0.3, 0.4) is 0 Å². The van der Waals surface area contributed by atoms with Crippen LogP contribution in [-0.2, 0) is 19.6 Å². The number of fused-ring (bicyclic) bond motifs is 1. The van der Waals surface area contributed by atoms with Crippen molar-refractivity contribution < 1.29 is 0 Å². The van der Waals surface area contributed by atoms with Crippen molar-refractivity contribution in [3.63, 3.8) is 0 Å². The summed E-state index contributed by atoms with van der Waals surface area (Å²) in [6, 6.07) is 24.8. The molecule has 1 heterocycles. The number of nitrogens with one attached hydrogen (secondary N) is 1. The molecule has 0 amide bonds. The van der Waals surface area contributed by atoms with Crippen LogP contribution in [0.25, 0.3) is 10.9 Å². The van der Waals surface area contributed by atoms with Crippen LogP contribution in [0.15, 0.2) is 79.0 Å². The fourth-order valence-corrected chi connectivity index (χ4v) is 3.69. The zero-order valence-electron chi connectivity index (χ0n) is 14.8. The van der Waals surface area contributed by atoms with E-state index in [0.29, 0.717) is 10.0 Å². The first kappa shape index (κ1) is 18.1. The third-order valence-corrected chi connectivity index (χ3v) is 5.43. The molecular weight excluding hydrogens is 375 g/mol. The molecule has 0 atom stereocenters. The van der Waals surface area contributed by atoms with Crippen molar-refractivity contribution in [2.75, 3.05) is 0 Å². The largest absolute Gasteiger partial charge is 0.343 e. The van der Waals surface area contributed by atoms with E-state index in [0.717, 1.165) is 25.2 Å². The van der Waals surface area contributed by atoms with Gasteiger partial charge in [-0.1, -0.05) is 77.8 Å². The van der Waals surface area contributed by atoms with E-state index in [1.165, 1.54) is 22.0 Å². The molecule has 0 saturated carbocycles. The molecule has 0 unspecified atom stereocenters. The maximum atomic E-state index is 6.18. The molecule has 4 rings (SSSR count). The van der Waals surface area contributed by atoms with E-state index in [-0.39, 0.29) is 0 Å². The Labute approximate surface area is 169 Å².